The highest BCUT2D eigenvalue weighted by atomic mass is 16.5. The van der Waals surface area contributed by atoms with Gasteiger partial charge in [0.1, 0.15) is 13.7 Å². The lowest BCUT2D eigenvalue weighted by atomic mass is 10.0. The monoisotopic (exact) mass is 272 g/mol. The predicted octanol–water partition coefficient (Wildman–Crippen LogP) is 1.38. The van der Waals surface area contributed by atoms with Gasteiger partial charge in [-0.05, 0) is 25.7 Å². The third kappa shape index (κ3) is 3.18. The third-order valence-corrected chi connectivity index (χ3v) is 3.45. The van der Waals surface area contributed by atoms with E-state index < -0.39 is 0 Å². The van der Waals surface area contributed by atoms with Crippen molar-refractivity contribution in [2.24, 2.45) is 5.92 Å². The molecular weight excluding hydrogens is 251 g/mol. The van der Waals surface area contributed by atoms with Crippen LogP contribution in [0.25, 0.3) is 11.3 Å². The standard InChI is InChI=1S/C12H15BN4O.C2H6/c1-8-15-11-12(16-10(13)6-14-11)17(8)7-9-2-4-18-5-3-9;1-2/h6,9H,2-5,7H2,1H3;1-2H3. The summed E-state index contributed by atoms with van der Waals surface area (Å²) in [6.45, 7) is 8.61. The van der Waals surface area contributed by atoms with Crippen LogP contribution < -0.4 is 5.59 Å². The largest absolute Gasteiger partial charge is 0.381 e. The normalized spacial score (nSPS) is 15.9. The van der Waals surface area contributed by atoms with Gasteiger partial charge in [-0.2, -0.15) is 0 Å². The van der Waals surface area contributed by atoms with Crippen molar-refractivity contribution >= 4 is 24.7 Å². The molecular formula is C14H21BN4O. The Morgan fingerprint density at radius 1 is 1.30 bits per heavy atom. The molecule has 2 aromatic heterocycles. The fraction of sp³-hybridized carbons (Fsp3) is 0.643. The number of imidazole rings is 1. The van der Waals surface area contributed by atoms with Crippen LogP contribution in [-0.2, 0) is 11.3 Å². The Labute approximate surface area is 121 Å². The Balaban J connectivity index is 0.000000704. The van der Waals surface area contributed by atoms with Gasteiger partial charge in [-0.1, -0.05) is 13.8 Å². The number of hydrogen-bond donors (Lipinski definition) is 0. The molecule has 2 radical (unpaired) electrons. The third-order valence-electron chi connectivity index (χ3n) is 3.45. The second-order valence-electron chi connectivity index (χ2n) is 4.77. The molecule has 6 heteroatoms. The number of ether oxygens (including phenoxy) is 1. The summed E-state index contributed by atoms with van der Waals surface area (Å²) in [6.07, 6.45) is 3.73. The van der Waals surface area contributed by atoms with Crippen molar-refractivity contribution < 1.29 is 4.74 Å². The fourth-order valence-corrected chi connectivity index (χ4v) is 2.42. The van der Waals surface area contributed by atoms with E-state index in [1.807, 2.05) is 20.8 Å². The van der Waals surface area contributed by atoms with E-state index >= 15 is 0 Å². The highest BCUT2D eigenvalue weighted by Gasteiger charge is 2.18. The molecule has 1 aliphatic heterocycles. The predicted molar refractivity (Wildman–Crippen MR) is 80.3 cm³/mol. The number of rotatable bonds is 2. The Bertz CT molecular complexity index is 564. The van der Waals surface area contributed by atoms with Gasteiger partial charge in [0.15, 0.2) is 11.3 Å². The fourth-order valence-electron chi connectivity index (χ4n) is 2.42. The van der Waals surface area contributed by atoms with Crippen molar-refractivity contribution in [2.45, 2.75) is 40.2 Å². The van der Waals surface area contributed by atoms with Crippen molar-refractivity contribution in [1.29, 1.82) is 0 Å². The van der Waals surface area contributed by atoms with E-state index in [1.54, 1.807) is 6.20 Å². The van der Waals surface area contributed by atoms with Gasteiger partial charge in [-0.25, -0.2) is 15.0 Å². The first-order valence-electron chi connectivity index (χ1n) is 7.27. The molecule has 0 unspecified atom stereocenters. The first-order chi connectivity index (χ1) is 9.74. The van der Waals surface area contributed by atoms with Gasteiger partial charge in [-0.15, -0.1) is 0 Å². The van der Waals surface area contributed by atoms with Gasteiger partial charge in [0, 0.05) is 31.5 Å². The zero-order chi connectivity index (χ0) is 14.5. The Hall–Kier alpha value is -1.43. The molecule has 3 heterocycles. The summed E-state index contributed by atoms with van der Waals surface area (Å²) in [4.78, 5) is 13.0. The summed E-state index contributed by atoms with van der Waals surface area (Å²) >= 11 is 0. The molecule has 20 heavy (non-hydrogen) atoms. The van der Waals surface area contributed by atoms with Crippen LogP contribution in [0.5, 0.6) is 0 Å². The van der Waals surface area contributed by atoms with Crippen LogP contribution in [0.2, 0.25) is 0 Å². The van der Waals surface area contributed by atoms with Crippen molar-refractivity contribution in [2.75, 3.05) is 13.2 Å². The van der Waals surface area contributed by atoms with Gasteiger partial charge in [-0.3, -0.25) is 0 Å². The molecule has 0 bridgehead atoms. The summed E-state index contributed by atoms with van der Waals surface area (Å²) in [5.74, 6) is 1.57. The topological polar surface area (TPSA) is 52.8 Å². The first kappa shape index (κ1) is 15.0. The van der Waals surface area contributed by atoms with Crippen LogP contribution in [0.3, 0.4) is 0 Å². The summed E-state index contributed by atoms with van der Waals surface area (Å²) in [6, 6.07) is 0. The minimum atomic E-state index is 0.440. The maximum absolute atomic E-state index is 5.70. The summed E-state index contributed by atoms with van der Waals surface area (Å²) in [7, 11) is 5.70. The zero-order valence-corrected chi connectivity index (χ0v) is 12.5. The summed E-state index contributed by atoms with van der Waals surface area (Å²) in [5.41, 5.74) is 1.91. The second kappa shape index (κ2) is 6.84. The molecule has 0 spiro atoms. The number of fused-ring (bicyclic) bond motifs is 1. The minimum Gasteiger partial charge on any atom is -0.381 e. The molecule has 3 rings (SSSR count). The highest BCUT2D eigenvalue weighted by molar-refractivity contribution is 6.30. The zero-order valence-electron chi connectivity index (χ0n) is 12.5. The molecule has 0 aliphatic carbocycles. The molecule has 0 saturated carbocycles. The van der Waals surface area contributed by atoms with Crippen molar-refractivity contribution in [3.63, 3.8) is 0 Å². The number of nitrogens with zero attached hydrogens (tertiary/aromatic N) is 4. The maximum atomic E-state index is 5.70. The molecule has 0 aromatic carbocycles. The van der Waals surface area contributed by atoms with E-state index in [0.717, 1.165) is 44.1 Å². The van der Waals surface area contributed by atoms with Gasteiger partial charge >= 0.3 is 0 Å². The number of aromatic nitrogens is 4. The summed E-state index contributed by atoms with van der Waals surface area (Å²) < 4.78 is 7.50. The summed E-state index contributed by atoms with van der Waals surface area (Å²) in [5, 5.41) is 0. The van der Waals surface area contributed by atoms with Crippen LogP contribution in [0.4, 0.5) is 0 Å². The maximum Gasteiger partial charge on any atom is 0.197 e. The van der Waals surface area contributed by atoms with E-state index in [2.05, 4.69) is 19.5 Å². The molecule has 106 valence electrons. The molecule has 5 nitrogen and oxygen atoms in total. The van der Waals surface area contributed by atoms with E-state index in [0.29, 0.717) is 17.2 Å². The van der Waals surface area contributed by atoms with Gasteiger partial charge < -0.3 is 9.30 Å². The van der Waals surface area contributed by atoms with Crippen LogP contribution in [0, 0.1) is 12.8 Å². The number of aryl methyl sites for hydroxylation is 1. The second-order valence-corrected chi connectivity index (χ2v) is 4.77. The molecule has 0 N–H and O–H groups in total. The first-order valence-corrected chi connectivity index (χ1v) is 7.27. The lowest BCUT2D eigenvalue weighted by Crippen LogP contribution is -2.21. The van der Waals surface area contributed by atoms with Crippen LogP contribution in [0.15, 0.2) is 6.20 Å². The molecule has 1 aliphatic rings. The van der Waals surface area contributed by atoms with E-state index in [-0.39, 0.29) is 0 Å². The van der Waals surface area contributed by atoms with Crippen molar-refractivity contribution in [3.05, 3.63) is 12.0 Å². The van der Waals surface area contributed by atoms with Crippen molar-refractivity contribution in [3.8, 4) is 0 Å². The Morgan fingerprint density at radius 3 is 2.70 bits per heavy atom. The molecule has 0 amide bonds. The minimum absolute atomic E-state index is 0.440. The molecule has 1 fully saturated rings. The molecule has 2 aromatic rings. The van der Waals surface area contributed by atoms with Crippen LogP contribution in [-0.4, -0.2) is 40.6 Å². The Morgan fingerprint density at radius 2 is 2.00 bits per heavy atom. The quantitative estimate of drug-likeness (QED) is 0.775. The van der Waals surface area contributed by atoms with Crippen molar-refractivity contribution in [1.82, 2.24) is 19.5 Å². The Kier molecular flexibility index (Phi) is 5.12. The average molecular weight is 272 g/mol. The van der Waals surface area contributed by atoms with E-state index in [9.17, 15) is 0 Å². The van der Waals surface area contributed by atoms with E-state index in [1.165, 1.54) is 0 Å². The van der Waals surface area contributed by atoms with E-state index in [4.69, 9.17) is 12.6 Å². The average Bonchev–Trinajstić information content (AvgIpc) is 2.78. The lowest BCUT2D eigenvalue weighted by molar-refractivity contribution is 0.0614. The highest BCUT2D eigenvalue weighted by Crippen LogP contribution is 2.20. The lowest BCUT2D eigenvalue weighted by Gasteiger charge is -2.22. The molecule has 1 saturated heterocycles. The van der Waals surface area contributed by atoms with Gasteiger partial charge in [0.05, 0.1) is 0 Å². The number of hydrogen-bond acceptors (Lipinski definition) is 4. The smallest absolute Gasteiger partial charge is 0.197 e. The van der Waals surface area contributed by atoms with Crippen LogP contribution >= 0.6 is 0 Å². The van der Waals surface area contributed by atoms with Gasteiger partial charge in [0.2, 0.25) is 0 Å². The van der Waals surface area contributed by atoms with Gasteiger partial charge in [0.25, 0.3) is 0 Å². The van der Waals surface area contributed by atoms with Crippen LogP contribution in [0.1, 0.15) is 32.5 Å². The SMILES string of the molecule is CC.[B]c1cnc2nc(C)n(CC3CCOCC3)c2n1. The molecule has 0 atom stereocenters.